The van der Waals surface area contributed by atoms with Crippen LogP contribution in [0, 0.1) is 17.0 Å². The molecular formula is C19H16N6O4. The Morgan fingerprint density at radius 3 is 2.72 bits per heavy atom. The molecule has 146 valence electrons. The molecule has 4 rings (SSSR count). The first kappa shape index (κ1) is 18.3. The Kier molecular flexibility index (Phi) is 4.51. The van der Waals surface area contributed by atoms with Gasteiger partial charge in [0, 0.05) is 23.4 Å². The standard InChI is InChI=1S/C19H16N6O4/c1-11-9-13(25(28)29)7-8-14(11)20-16(26)10-15-18(27)22-19-21-17(23-24(15)19)12-5-3-2-4-6-12/h2-9,15H,10H2,1H3,(H,20,26)(H,21,22,23,27)/t15-/m0/s1. The fraction of sp³-hybridized carbons (Fsp3) is 0.158. The minimum Gasteiger partial charge on any atom is -0.326 e. The van der Waals surface area contributed by atoms with Crippen molar-refractivity contribution >= 4 is 29.1 Å². The highest BCUT2D eigenvalue weighted by molar-refractivity contribution is 6.01. The lowest BCUT2D eigenvalue weighted by Crippen LogP contribution is -2.24. The average Bonchev–Trinajstić information content (AvgIpc) is 3.23. The van der Waals surface area contributed by atoms with Crippen LogP contribution in [0.25, 0.3) is 11.4 Å². The Balaban J connectivity index is 1.50. The van der Waals surface area contributed by atoms with Crippen molar-refractivity contribution in [3.8, 4) is 11.4 Å². The molecule has 0 unspecified atom stereocenters. The van der Waals surface area contributed by atoms with Crippen LogP contribution >= 0.6 is 0 Å². The number of carbonyl (C=O) groups is 2. The van der Waals surface area contributed by atoms with E-state index >= 15 is 0 Å². The van der Waals surface area contributed by atoms with Crippen molar-refractivity contribution in [2.45, 2.75) is 19.4 Å². The molecule has 0 saturated heterocycles. The minimum atomic E-state index is -0.826. The molecule has 10 nitrogen and oxygen atoms in total. The number of fused-ring (bicyclic) bond motifs is 1. The molecule has 0 spiro atoms. The van der Waals surface area contributed by atoms with Crippen molar-refractivity contribution in [3.63, 3.8) is 0 Å². The summed E-state index contributed by atoms with van der Waals surface area (Å²) >= 11 is 0. The largest absolute Gasteiger partial charge is 0.326 e. The maximum Gasteiger partial charge on any atom is 0.269 e. The van der Waals surface area contributed by atoms with Crippen molar-refractivity contribution in [3.05, 3.63) is 64.2 Å². The Morgan fingerprint density at radius 2 is 2.03 bits per heavy atom. The van der Waals surface area contributed by atoms with E-state index in [1.54, 1.807) is 6.92 Å². The maximum atomic E-state index is 12.5. The molecule has 0 saturated carbocycles. The zero-order valence-electron chi connectivity index (χ0n) is 15.3. The van der Waals surface area contributed by atoms with Crippen molar-refractivity contribution in [1.29, 1.82) is 0 Å². The van der Waals surface area contributed by atoms with Crippen LogP contribution in [0.2, 0.25) is 0 Å². The summed E-state index contributed by atoms with van der Waals surface area (Å²) in [6.07, 6.45) is -0.146. The number of nitro benzene ring substituents is 1. The second kappa shape index (κ2) is 7.15. The van der Waals surface area contributed by atoms with Gasteiger partial charge in [-0.1, -0.05) is 30.3 Å². The topological polar surface area (TPSA) is 132 Å². The van der Waals surface area contributed by atoms with Crippen LogP contribution in [0.15, 0.2) is 48.5 Å². The highest BCUT2D eigenvalue weighted by Crippen LogP contribution is 2.29. The van der Waals surface area contributed by atoms with E-state index in [2.05, 4.69) is 20.7 Å². The average molecular weight is 392 g/mol. The number of hydrogen-bond acceptors (Lipinski definition) is 6. The molecule has 1 aliphatic heterocycles. The molecule has 29 heavy (non-hydrogen) atoms. The molecule has 10 heteroatoms. The van der Waals surface area contributed by atoms with Gasteiger partial charge in [-0.25, -0.2) is 4.68 Å². The number of anilines is 2. The third kappa shape index (κ3) is 3.55. The molecule has 2 aromatic carbocycles. The molecule has 0 bridgehead atoms. The van der Waals surface area contributed by atoms with Gasteiger partial charge in [0.2, 0.25) is 11.9 Å². The summed E-state index contributed by atoms with van der Waals surface area (Å²) < 4.78 is 1.41. The van der Waals surface area contributed by atoms with Gasteiger partial charge in [0.25, 0.3) is 11.6 Å². The molecule has 2 N–H and O–H groups in total. The molecule has 1 aromatic heterocycles. The van der Waals surface area contributed by atoms with Crippen LogP contribution in [0.1, 0.15) is 18.0 Å². The minimum absolute atomic E-state index is 0.0589. The number of nitrogens with one attached hydrogen (secondary N) is 2. The first-order valence-corrected chi connectivity index (χ1v) is 8.80. The fourth-order valence-electron chi connectivity index (χ4n) is 3.10. The second-order valence-electron chi connectivity index (χ2n) is 6.58. The van der Waals surface area contributed by atoms with E-state index in [1.807, 2.05) is 30.3 Å². The Morgan fingerprint density at radius 1 is 1.28 bits per heavy atom. The van der Waals surface area contributed by atoms with Gasteiger partial charge in [0.05, 0.1) is 11.3 Å². The second-order valence-corrected chi connectivity index (χ2v) is 6.58. The molecule has 0 radical (unpaired) electrons. The highest BCUT2D eigenvalue weighted by Gasteiger charge is 2.35. The van der Waals surface area contributed by atoms with E-state index < -0.39 is 16.9 Å². The SMILES string of the molecule is Cc1cc([N+](=O)[O-])ccc1NC(=O)C[C@H]1C(=O)Nc2nc(-c3ccccc3)nn21. The van der Waals surface area contributed by atoms with Crippen LogP contribution in [0.3, 0.4) is 0 Å². The number of nitrogens with zero attached hydrogens (tertiary/aromatic N) is 4. The van der Waals surface area contributed by atoms with Gasteiger partial charge in [-0.3, -0.25) is 25.0 Å². The first-order valence-electron chi connectivity index (χ1n) is 8.80. The summed E-state index contributed by atoms with van der Waals surface area (Å²) in [6, 6.07) is 12.6. The lowest BCUT2D eigenvalue weighted by molar-refractivity contribution is -0.384. The first-order chi connectivity index (χ1) is 13.9. The molecule has 1 aliphatic rings. The van der Waals surface area contributed by atoms with Crippen LogP contribution in [0.4, 0.5) is 17.3 Å². The van der Waals surface area contributed by atoms with E-state index in [4.69, 9.17) is 0 Å². The molecular weight excluding hydrogens is 376 g/mol. The normalized spacial score (nSPS) is 14.9. The number of nitro groups is 1. The Labute approximate surface area is 164 Å². The van der Waals surface area contributed by atoms with E-state index in [9.17, 15) is 19.7 Å². The van der Waals surface area contributed by atoms with Gasteiger partial charge in [0.15, 0.2) is 5.82 Å². The predicted molar refractivity (Wildman–Crippen MR) is 104 cm³/mol. The van der Waals surface area contributed by atoms with E-state index in [-0.39, 0.29) is 24.0 Å². The highest BCUT2D eigenvalue weighted by atomic mass is 16.6. The summed E-state index contributed by atoms with van der Waals surface area (Å²) in [6.45, 7) is 1.66. The number of amides is 2. The van der Waals surface area contributed by atoms with Gasteiger partial charge in [-0.2, -0.15) is 4.98 Å². The van der Waals surface area contributed by atoms with Crippen molar-refractivity contribution in [2.24, 2.45) is 0 Å². The number of carbonyl (C=O) groups excluding carboxylic acids is 2. The maximum absolute atomic E-state index is 12.5. The summed E-state index contributed by atoms with van der Waals surface area (Å²) in [7, 11) is 0. The van der Waals surface area contributed by atoms with Crippen LogP contribution < -0.4 is 10.6 Å². The third-order valence-corrected chi connectivity index (χ3v) is 4.57. The smallest absolute Gasteiger partial charge is 0.269 e. The summed E-state index contributed by atoms with van der Waals surface area (Å²) in [5, 5.41) is 20.5. The molecule has 2 heterocycles. The van der Waals surface area contributed by atoms with E-state index in [0.29, 0.717) is 17.1 Å². The molecule has 0 aliphatic carbocycles. The summed E-state index contributed by atoms with van der Waals surface area (Å²) in [5.41, 5.74) is 1.74. The van der Waals surface area contributed by atoms with Crippen LogP contribution in [-0.2, 0) is 9.59 Å². The third-order valence-electron chi connectivity index (χ3n) is 4.57. The lowest BCUT2D eigenvalue weighted by Gasteiger charge is -2.11. The fourth-order valence-corrected chi connectivity index (χ4v) is 3.10. The van der Waals surface area contributed by atoms with E-state index in [0.717, 1.165) is 5.56 Å². The number of rotatable bonds is 5. The predicted octanol–water partition coefficient (Wildman–Crippen LogP) is 2.68. The number of benzene rings is 2. The summed E-state index contributed by atoms with van der Waals surface area (Å²) in [5.74, 6) is -0.0303. The molecule has 2 amide bonds. The van der Waals surface area contributed by atoms with Crippen molar-refractivity contribution < 1.29 is 14.5 Å². The van der Waals surface area contributed by atoms with Gasteiger partial charge < -0.3 is 5.32 Å². The number of aromatic nitrogens is 3. The Hall–Kier alpha value is -4.08. The zero-order chi connectivity index (χ0) is 20.5. The molecule has 0 fully saturated rings. The Bertz CT molecular complexity index is 1120. The van der Waals surface area contributed by atoms with E-state index in [1.165, 1.54) is 22.9 Å². The number of non-ortho nitro benzene ring substituents is 1. The van der Waals surface area contributed by atoms with Gasteiger partial charge in [-0.05, 0) is 18.6 Å². The van der Waals surface area contributed by atoms with Crippen LogP contribution in [0.5, 0.6) is 0 Å². The number of aryl methyl sites for hydroxylation is 1. The monoisotopic (exact) mass is 392 g/mol. The zero-order valence-corrected chi connectivity index (χ0v) is 15.3. The van der Waals surface area contributed by atoms with Gasteiger partial charge in [-0.15, -0.1) is 5.10 Å². The number of hydrogen-bond donors (Lipinski definition) is 2. The van der Waals surface area contributed by atoms with Crippen molar-refractivity contribution in [2.75, 3.05) is 10.6 Å². The molecule has 1 atom stereocenters. The van der Waals surface area contributed by atoms with Gasteiger partial charge in [0.1, 0.15) is 6.04 Å². The lowest BCUT2D eigenvalue weighted by atomic mass is 10.1. The summed E-state index contributed by atoms with van der Waals surface area (Å²) in [4.78, 5) is 39.4. The van der Waals surface area contributed by atoms with Crippen molar-refractivity contribution in [1.82, 2.24) is 14.8 Å². The molecule has 3 aromatic rings. The van der Waals surface area contributed by atoms with Crippen LogP contribution in [-0.4, -0.2) is 31.5 Å². The van der Waals surface area contributed by atoms with Gasteiger partial charge >= 0.3 is 0 Å². The quantitative estimate of drug-likeness (QED) is 0.507.